The van der Waals surface area contributed by atoms with Gasteiger partial charge in [-0.15, -0.1) is 5.57 Å². The molecule has 2 heterocycles. The molecule has 0 unspecified atom stereocenters. The molecule has 2 aromatic carbocycles. The first-order valence-electron chi connectivity index (χ1n) is 12.2. The largest absolute Gasteiger partial charge is 0.458 e. The number of ether oxygens (including phenoxy) is 1. The maximum absolute atomic E-state index is 6.37. The maximum Gasteiger partial charge on any atom is 0.179 e. The lowest BCUT2D eigenvalue weighted by Gasteiger charge is -2.49. The third kappa shape index (κ3) is 3.64. The van der Waals surface area contributed by atoms with Crippen molar-refractivity contribution in [1.82, 2.24) is 4.90 Å². The molecule has 6 rings (SSSR count). The molecule has 182 valence electrons. The minimum Gasteiger partial charge on any atom is -0.458 e. The van der Waals surface area contributed by atoms with Crippen LogP contribution in [0.2, 0.25) is 0 Å². The molecule has 0 aromatic heterocycles. The average Bonchev–Trinajstić information content (AvgIpc) is 3.23. The van der Waals surface area contributed by atoms with E-state index in [1.54, 1.807) is 0 Å². The standard InChI is InChI=1S/C31H30N4O/c1-31(2)27-15-5-6-16-28(27)35(22-33(31)4)24-12-10-14-26(20-24)36-25-13-9-11-23(19-25)34-21-32(3)29-17-7-8-18-30(29)34/h5-22H,1-4H3/q-2. The predicted octanol–water partition coefficient (Wildman–Crippen LogP) is 5.79. The Balaban J connectivity index is 1.28. The van der Waals surface area contributed by atoms with E-state index in [4.69, 9.17) is 4.74 Å². The normalized spacial score (nSPS) is 19.4. The Morgan fingerprint density at radius 1 is 0.889 bits per heavy atom. The van der Waals surface area contributed by atoms with Crippen LogP contribution in [0.3, 0.4) is 0 Å². The summed E-state index contributed by atoms with van der Waals surface area (Å²) < 4.78 is 10.7. The van der Waals surface area contributed by atoms with Crippen molar-refractivity contribution in [2.24, 2.45) is 0 Å². The van der Waals surface area contributed by atoms with Crippen LogP contribution in [0.15, 0.2) is 96.3 Å². The highest BCUT2D eigenvalue weighted by atomic mass is 16.5. The van der Waals surface area contributed by atoms with Gasteiger partial charge in [0.2, 0.25) is 0 Å². The lowest BCUT2D eigenvalue weighted by molar-refractivity contribution is -0.458. The Morgan fingerprint density at radius 3 is 2.44 bits per heavy atom. The van der Waals surface area contributed by atoms with E-state index in [2.05, 4.69) is 133 Å². The maximum atomic E-state index is 6.37. The first kappa shape index (κ1) is 22.1. The van der Waals surface area contributed by atoms with Gasteiger partial charge in [-0.3, -0.25) is 0 Å². The second-order valence-electron chi connectivity index (χ2n) is 9.85. The Morgan fingerprint density at radius 2 is 1.61 bits per heavy atom. The number of fused-ring (bicyclic) bond motifs is 2. The van der Waals surface area contributed by atoms with Gasteiger partial charge in [0.15, 0.2) is 12.7 Å². The fourth-order valence-electron chi connectivity index (χ4n) is 4.98. The number of allylic oxidation sites excluding steroid dienone is 4. The Kier molecular flexibility index (Phi) is 5.15. The summed E-state index contributed by atoms with van der Waals surface area (Å²) in [7, 11) is 4.19. The van der Waals surface area contributed by atoms with E-state index in [9.17, 15) is 0 Å². The lowest BCUT2D eigenvalue weighted by atomic mass is 9.82. The van der Waals surface area contributed by atoms with Crippen LogP contribution in [0.25, 0.3) is 0 Å². The zero-order valence-electron chi connectivity index (χ0n) is 21.1. The Labute approximate surface area is 213 Å². The second-order valence-corrected chi connectivity index (χ2v) is 9.85. The van der Waals surface area contributed by atoms with E-state index in [0.717, 1.165) is 28.6 Å². The first-order chi connectivity index (χ1) is 17.4. The predicted molar refractivity (Wildman–Crippen MR) is 145 cm³/mol. The molecule has 0 N–H and O–H groups in total. The van der Waals surface area contributed by atoms with E-state index < -0.39 is 0 Å². The smallest absolute Gasteiger partial charge is 0.179 e. The highest BCUT2D eigenvalue weighted by Gasteiger charge is 2.34. The van der Waals surface area contributed by atoms with Crippen molar-refractivity contribution >= 4 is 24.1 Å². The van der Waals surface area contributed by atoms with E-state index >= 15 is 0 Å². The van der Waals surface area contributed by atoms with Gasteiger partial charge in [0.05, 0.1) is 25.3 Å². The molecule has 2 aliphatic heterocycles. The summed E-state index contributed by atoms with van der Waals surface area (Å²) in [5.74, 6) is 1.59. The van der Waals surface area contributed by atoms with Crippen molar-refractivity contribution < 1.29 is 13.9 Å². The first-order valence-corrected chi connectivity index (χ1v) is 12.2. The monoisotopic (exact) mass is 474 g/mol. The van der Waals surface area contributed by atoms with Gasteiger partial charge in [-0.2, -0.15) is 6.08 Å². The van der Waals surface area contributed by atoms with E-state index in [-0.39, 0.29) is 5.54 Å². The minimum absolute atomic E-state index is 0.0824. The topological polar surface area (TPSA) is 21.7 Å². The number of likely N-dealkylation sites (N-methyl/N-ethyl adjacent to an activating group) is 2. The number of benzene rings is 2. The molecule has 0 atom stereocenters. The third-order valence-electron chi connectivity index (χ3n) is 7.23. The van der Waals surface area contributed by atoms with Gasteiger partial charge in [0, 0.05) is 6.07 Å². The molecule has 2 aliphatic carbocycles. The fraction of sp³-hybridized carbons (Fsp3) is 0.161. The van der Waals surface area contributed by atoms with Crippen molar-refractivity contribution in [3.63, 3.8) is 0 Å². The number of rotatable bonds is 4. The van der Waals surface area contributed by atoms with Crippen LogP contribution in [0.4, 0.5) is 11.4 Å². The number of hydrogen-bond acceptors (Lipinski definition) is 3. The Bertz CT molecular complexity index is 1390. The van der Waals surface area contributed by atoms with Crippen molar-refractivity contribution in [2.75, 3.05) is 19.0 Å². The highest BCUT2D eigenvalue weighted by Crippen LogP contribution is 2.41. The molecule has 0 amide bonds. The summed E-state index contributed by atoms with van der Waals surface area (Å²) in [5.41, 5.74) is 4.48. The molecular formula is C31H30N4O-2. The molecule has 4 aliphatic rings. The van der Waals surface area contributed by atoms with Gasteiger partial charge in [-0.1, -0.05) is 12.1 Å². The van der Waals surface area contributed by atoms with Crippen LogP contribution < -0.4 is 9.64 Å². The molecule has 0 bridgehead atoms. The SMILES string of the molecule is CN1C=[N+](c2cccc(Oc3cccc(N4C=[N+](C)[C-]5C=C[CH-]C=C54)c3)c2)[C-]2C=C[CH-]C=C2C1(C)C. The van der Waals surface area contributed by atoms with Gasteiger partial charge >= 0.3 is 0 Å². The average molecular weight is 475 g/mol. The molecule has 5 nitrogen and oxygen atoms in total. The summed E-state index contributed by atoms with van der Waals surface area (Å²) in [4.78, 5) is 4.45. The van der Waals surface area contributed by atoms with E-state index in [1.807, 2.05) is 24.3 Å². The zero-order chi connectivity index (χ0) is 24.9. The molecule has 2 aromatic rings. The molecule has 0 spiro atoms. The molecular weight excluding hydrogens is 444 g/mol. The number of anilines is 1. The van der Waals surface area contributed by atoms with Crippen LogP contribution in [0, 0.1) is 24.9 Å². The van der Waals surface area contributed by atoms with Gasteiger partial charge < -0.3 is 23.7 Å². The Hall–Kier alpha value is -4.38. The molecule has 0 fully saturated rings. The van der Waals surface area contributed by atoms with Crippen molar-refractivity contribution in [1.29, 1.82) is 0 Å². The van der Waals surface area contributed by atoms with Gasteiger partial charge in [0.1, 0.15) is 17.2 Å². The lowest BCUT2D eigenvalue weighted by Crippen LogP contribution is -2.50. The summed E-state index contributed by atoms with van der Waals surface area (Å²) in [6, 6.07) is 18.9. The number of nitrogens with zero attached hydrogens (tertiary/aromatic N) is 4. The number of hydrogen-bond donors (Lipinski definition) is 0. The van der Waals surface area contributed by atoms with Crippen LogP contribution >= 0.6 is 0 Å². The van der Waals surface area contributed by atoms with Crippen LogP contribution in [-0.2, 0) is 0 Å². The zero-order valence-corrected chi connectivity index (χ0v) is 21.1. The summed E-state index contributed by atoms with van der Waals surface area (Å²) in [6.07, 6.45) is 21.3. The van der Waals surface area contributed by atoms with Gasteiger partial charge in [-0.25, -0.2) is 43.2 Å². The third-order valence-corrected chi connectivity index (χ3v) is 7.23. The van der Waals surface area contributed by atoms with Gasteiger partial charge in [-0.05, 0) is 62.0 Å². The van der Waals surface area contributed by atoms with Crippen molar-refractivity contribution in [2.45, 2.75) is 19.4 Å². The van der Waals surface area contributed by atoms with E-state index in [0.29, 0.717) is 0 Å². The minimum atomic E-state index is -0.0824. The van der Waals surface area contributed by atoms with E-state index in [1.165, 1.54) is 17.7 Å². The summed E-state index contributed by atoms with van der Waals surface area (Å²) >= 11 is 0. The summed E-state index contributed by atoms with van der Waals surface area (Å²) in [6.45, 7) is 4.50. The van der Waals surface area contributed by atoms with Crippen molar-refractivity contribution in [3.8, 4) is 11.5 Å². The quantitative estimate of drug-likeness (QED) is 0.414. The molecule has 0 saturated heterocycles. The van der Waals surface area contributed by atoms with Crippen molar-refractivity contribution in [3.05, 3.63) is 121 Å². The van der Waals surface area contributed by atoms with Gasteiger partial charge in [0.25, 0.3) is 0 Å². The summed E-state index contributed by atoms with van der Waals surface area (Å²) in [5, 5.41) is 0. The molecule has 36 heavy (non-hydrogen) atoms. The molecule has 0 radical (unpaired) electrons. The molecule has 5 heteroatoms. The highest BCUT2D eigenvalue weighted by molar-refractivity contribution is 5.86. The van der Waals surface area contributed by atoms with Crippen LogP contribution in [0.5, 0.6) is 11.5 Å². The fourth-order valence-corrected chi connectivity index (χ4v) is 4.98. The second kappa shape index (κ2) is 8.38. The molecule has 0 saturated carbocycles. The van der Waals surface area contributed by atoms with Crippen LogP contribution in [-0.4, -0.2) is 46.4 Å². The van der Waals surface area contributed by atoms with Crippen LogP contribution in [0.1, 0.15) is 13.8 Å².